The van der Waals surface area contributed by atoms with Gasteiger partial charge < -0.3 is 9.73 Å². The SMILES string of the molecule is CCC(C#N)(CCCSCc1ccco1)NC. The van der Waals surface area contributed by atoms with E-state index in [4.69, 9.17) is 9.68 Å². The second kappa shape index (κ2) is 7.41. The summed E-state index contributed by atoms with van der Waals surface area (Å²) in [5.74, 6) is 3.00. The highest BCUT2D eigenvalue weighted by Gasteiger charge is 2.24. The predicted octanol–water partition coefficient (Wildman–Crippen LogP) is 3.18. The van der Waals surface area contributed by atoms with Crippen molar-refractivity contribution in [1.29, 1.82) is 5.26 Å². The van der Waals surface area contributed by atoms with Gasteiger partial charge in [-0.25, -0.2) is 0 Å². The topological polar surface area (TPSA) is 49.0 Å². The van der Waals surface area contributed by atoms with Crippen molar-refractivity contribution in [3.05, 3.63) is 24.2 Å². The zero-order valence-corrected chi connectivity index (χ0v) is 11.3. The van der Waals surface area contributed by atoms with Crippen LogP contribution in [-0.2, 0) is 5.75 Å². The first-order chi connectivity index (χ1) is 8.26. The molecular weight excluding hydrogens is 232 g/mol. The Bertz CT molecular complexity index is 339. The Labute approximate surface area is 108 Å². The Hall–Kier alpha value is -0.920. The van der Waals surface area contributed by atoms with E-state index in [-0.39, 0.29) is 5.54 Å². The molecule has 0 amide bonds. The minimum Gasteiger partial charge on any atom is -0.468 e. The summed E-state index contributed by atoms with van der Waals surface area (Å²) < 4.78 is 5.26. The highest BCUT2D eigenvalue weighted by Crippen LogP contribution is 2.19. The van der Waals surface area contributed by atoms with Crippen molar-refractivity contribution in [2.24, 2.45) is 0 Å². The van der Waals surface area contributed by atoms with Crippen molar-refractivity contribution in [3.63, 3.8) is 0 Å². The van der Waals surface area contributed by atoms with Crippen molar-refractivity contribution in [2.45, 2.75) is 37.5 Å². The van der Waals surface area contributed by atoms with Crippen molar-refractivity contribution < 1.29 is 4.42 Å². The maximum atomic E-state index is 9.15. The maximum absolute atomic E-state index is 9.15. The second-order valence-corrected chi connectivity index (χ2v) is 5.14. The van der Waals surface area contributed by atoms with Crippen molar-refractivity contribution in [2.75, 3.05) is 12.8 Å². The van der Waals surface area contributed by atoms with Crippen LogP contribution in [0.1, 0.15) is 31.9 Å². The summed E-state index contributed by atoms with van der Waals surface area (Å²) in [5.41, 5.74) is -0.342. The van der Waals surface area contributed by atoms with Crippen LogP contribution in [0.15, 0.2) is 22.8 Å². The highest BCUT2D eigenvalue weighted by atomic mass is 32.2. The molecule has 17 heavy (non-hydrogen) atoms. The fourth-order valence-electron chi connectivity index (χ4n) is 1.71. The molecule has 0 aromatic carbocycles. The number of hydrogen-bond donors (Lipinski definition) is 1. The van der Waals surface area contributed by atoms with Gasteiger partial charge in [0.2, 0.25) is 0 Å². The van der Waals surface area contributed by atoms with Gasteiger partial charge in [0.1, 0.15) is 11.3 Å². The van der Waals surface area contributed by atoms with Gasteiger partial charge in [-0.2, -0.15) is 17.0 Å². The van der Waals surface area contributed by atoms with Gasteiger partial charge in [-0.1, -0.05) is 6.92 Å². The Balaban J connectivity index is 2.17. The zero-order chi connectivity index (χ0) is 12.6. The van der Waals surface area contributed by atoms with Gasteiger partial charge in [0.25, 0.3) is 0 Å². The zero-order valence-electron chi connectivity index (χ0n) is 10.5. The van der Waals surface area contributed by atoms with Crippen molar-refractivity contribution >= 4 is 11.8 Å². The maximum Gasteiger partial charge on any atom is 0.113 e. The van der Waals surface area contributed by atoms with Crippen LogP contribution in [-0.4, -0.2) is 18.3 Å². The first kappa shape index (κ1) is 14.1. The molecule has 1 heterocycles. The van der Waals surface area contributed by atoms with E-state index in [9.17, 15) is 0 Å². The van der Waals surface area contributed by atoms with Gasteiger partial charge >= 0.3 is 0 Å². The van der Waals surface area contributed by atoms with Crippen LogP contribution in [0.5, 0.6) is 0 Å². The lowest BCUT2D eigenvalue weighted by molar-refractivity contribution is 0.400. The molecule has 4 heteroatoms. The molecule has 0 fully saturated rings. The van der Waals surface area contributed by atoms with Crippen LogP contribution in [0.3, 0.4) is 0 Å². The largest absolute Gasteiger partial charge is 0.468 e. The lowest BCUT2D eigenvalue weighted by atomic mass is 9.93. The smallest absolute Gasteiger partial charge is 0.113 e. The van der Waals surface area contributed by atoms with Gasteiger partial charge in [-0.15, -0.1) is 0 Å². The summed E-state index contributed by atoms with van der Waals surface area (Å²) in [4.78, 5) is 0. The molecular formula is C13H20N2OS. The highest BCUT2D eigenvalue weighted by molar-refractivity contribution is 7.98. The molecule has 1 N–H and O–H groups in total. The summed E-state index contributed by atoms with van der Waals surface area (Å²) >= 11 is 1.85. The van der Waals surface area contributed by atoms with E-state index in [1.54, 1.807) is 6.26 Å². The molecule has 1 aromatic heterocycles. The fraction of sp³-hybridized carbons (Fsp3) is 0.615. The molecule has 0 aliphatic heterocycles. The summed E-state index contributed by atoms with van der Waals surface area (Å²) in [5, 5.41) is 12.3. The van der Waals surface area contributed by atoms with E-state index in [1.165, 1.54) is 0 Å². The van der Waals surface area contributed by atoms with Gasteiger partial charge in [0.15, 0.2) is 0 Å². The summed E-state index contributed by atoms with van der Waals surface area (Å²) in [6, 6.07) is 6.28. The van der Waals surface area contributed by atoms with Crippen molar-refractivity contribution in [3.8, 4) is 6.07 Å². The molecule has 0 bridgehead atoms. The average molecular weight is 252 g/mol. The predicted molar refractivity (Wildman–Crippen MR) is 71.8 cm³/mol. The van der Waals surface area contributed by atoms with E-state index in [0.717, 1.165) is 36.5 Å². The molecule has 0 aliphatic rings. The lowest BCUT2D eigenvalue weighted by Crippen LogP contribution is -2.40. The Kier molecular flexibility index (Phi) is 6.17. The van der Waals surface area contributed by atoms with Crippen LogP contribution in [0.2, 0.25) is 0 Å². The molecule has 0 radical (unpaired) electrons. The number of nitriles is 1. The number of nitrogens with zero attached hydrogens (tertiary/aromatic N) is 1. The second-order valence-electron chi connectivity index (χ2n) is 4.03. The molecule has 1 unspecified atom stereocenters. The van der Waals surface area contributed by atoms with E-state index >= 15 is 0 Å². The third-order valence-electron chi connectivity index (χ3n) is 3.01. The van der Waals surface area contributed by atoms with Crippen LogP contribution < -0.4 is 5.32 Å². The minimum absolute atomic E-state index is 0.342. The normalized spacial score (nSPS) is 14.2. The molecule has 0 aliphatic carbocycles. The first-order valence-corrected chi connectivity index (χ1v) is 7.12. The van der Waals surface area contributed by atoms with Crippen molar-refractivity contribution in [1.82, 2.24) is 5.32 Å². The molecule has 1 aromatic rings. The molecule has 0 spiro atoms. The minimum atomic E-state index is -0.342. The van der Waals surface area contributed by atoms with E-state index in [0.29, 0.717) is 0 Å². The molecule has 1 atom stereocenters. The average Bonchev–Trinajstić information content (AvgIpc) is 2.88. The number of thioether (sulfide) groups is 1. The third kappa shape index (κ3) is 4.45. The summed E-state index contributed by atoms with van der Waals surface area (Å²) in [6.07, 6.45) is 4.51. The van der Waals surface area contributed by atoms with Gasteiger partial charge in [0.05, 0.1) is 18.1 Å². The van der Waals surface area contributed by atoms with E-state index in [1.807, 2.05) is 30.9 Å². The summed E-state index contributed by atoms with van der Waals surface area (Å²) in [6.45, 7) is 2.05. The number of hydrogen-bond acceptors (Lipinski definition) is 4. The van der Waals surface area contributed by atoms with E-state index in [2.05, 4.69) is 18.3 Å². The molecule has 3 nitrogen and oxygen atoms in total. The quantitative estimate of drug-likeness (QED) is 0.722. The number of furan rings is 1. The molecule has 0 saturated carbocycles. The van der Waals surface area contributed by atoms with E-state index < -0.39 is 0 Å². The van der Waals surface area contributed by atoms with Crippen LogP contribution in [0.4, 0.5) is 0 Å². The first-order valence-electron chi connectivity index (χ1n) is 5.96. The van der Waals surface area contributed by atoms with Crippen LogP contribution >= 0.6 is 11.8 Å². The molecule has 0 saturated heterocycles. The standard InChI is InChI=1S/C13H20N2OS/c1-3-13(11-14,15-2)7-5-9-17-10-12-6-4-8-16-12/h4,6,8,15H,3,5,7,9-10H2,1-2H3. The molecule has 1 rings (SSSR count). The Morgan fingerprint density at radius 3 is 2.94 bits per heavy atom. The monoisotopic (exact) mass is 252 g/mol. The van der Waals surface area contributed by atoms with Crippen LogP contribution in [0, 0.1) is 11.3 Å². The van der Waals surface area contributed by atoms with Gasteiger partial charge in [0, 0.05) is 0 Å². The fourth-order valence-corrected chi connectivity index (χ4v) is 2.57. The molecule has 94 valence electrons. The Morgan fingerprint density at radius 2 is 2.41 bits per heavy atom. The lowest BCUT2D eigenvalue weighted by Gasteiger charge is -2.24. The van der Waals surface area contributed by atoms with Gasteiger partial charge in [-0.3, -0.25) is 0 Å². The Morgan fingerprint density at radius 1 is 1.59 bits per heavy atom. The number of nitrogens with one attached hydrogen (secondary N) is 1. The third-order valence-corrected chi connectivity index (χ3v) is 4.08. The van der Waals surface area contributed by atoms with Crippen LogP contribution in [0.25, 0.3) is 0 Å². The number of rotatable bonds is 8. The summed E-state index contributed by atoms with van der Waals surface area (Å²) in [7, 11) is 1.86. The van der Waals surface area contributed by atoms with Gasteiger partial charge in [-0.05, 0) is 44.2 Å².